The van der Waals surface area contributed by atoms with Crippen LogP contribution in [0, 0.1) is 0 Å². The average Bonchev–Trinajstić information content (AvgIpc) is 2.09. The zero-order valence-electron chi connectivity index (χ0n) is 9.25. The highest BCUT2D eigenvalue weighted by molar-refractivity contribution is 5.80. The van der Waals surface area contributed by atoms with Crippen LogP contribution in [-0.2, 0) is 9.53 Å². The van der Waals surface area contributed by atoms with Crippen molar-refractivity contribution in [2.45, 2.75) is 13.0 Å². The van der Waals surface area contributed by atoms with Gasteiger partial charge in [0.2, 0.25) is 5.91 Å². The van der Waals surface area contributed by atoms with E-state index in [1.54, 1.807) is 6.92 Å². The molecule has 0 aliphatic carbocycles. The monoisotopic (exact) mass is 203 g/mol. The lowest BCUT2D eigenvalue weighted by atomic mass is 10.3. The van der Waals surface area contributed by atoms with Crippen molar-refractivity contribution < 1.29 is 9.53 Å². The van der Waals surface area contributed by atoms with Gasteiger partial charge in [0.25, 0.3) is 0 Å². The van der Waals surface area contributed by atoms with Crippen molar-refractivity contribution in [3.05, 3.63) is 0 Å². The summed E-state index contributed by atoms with van der Waals surface area (Å²) in [6, 6.07) is -0.447. The lowest BCUT2D eigenvalue weighted by Crippen LogP contribution is -2.39. The van der Waals surface area contributed by atoms with Crippen LogP contribution in [0.5, 0.6) is 0 Å². The Bertz CT molecular complexity index is 160. The summed E-state index contributed by atoms with van der Waals surface area (Å²) in [6.45, 7) is 4.28. The number of hydrogen-bond donors (Lipinski definition) is 2. The second-order valence-electron chi connectivity index (χ2n) is 3.50. The fourth-order valence-corrected chi connectivity index (χ4v) is 0.757. The first-order chi connectivity index (χ1) is 6.54. The van der Waals surface area contributed by atoms with Gasteiger partial charge in [-0.2, -0.15) is 0 Å². The van der Waals surface area contributed by atoms with Crippen LogP contribution in [0.4, 0.5) is 0 Å². The van der Waals surface area contributed by atoms with Crippen LogP contribution in [0.1, 0.15) is 6.92 Å². The van der Waals surface area contributed by atoms with Crippen molar-refractivity contribution in [2.75, 3.05) is 40.4 Å². The summed E-state index contributed by atoms with van der Waals surface area (Å²) in [7, 11) is 3.97. The van der Waals surface area contributed by atoms with Gasteiger partial charge in [0, 0.05) is 13.1 Å². The van der Waals surface area contributed by atoms with E-state index in [0.717, 1.165) is 6.54 Å². The van der Waals surface area contributed by atoms with Gasteiger partial charge in [-0.25, -0.2) is 0 Å². The fraction of sp³-hybridized carbons (Fsp3) is 0.889. The number of carbonyl (C=O) groups excluding carboxylic acids is 1. The maximum Gasteiger partial charge on any atom is 0.236 e. The van der Waals surface area contributed by atoms with Gasteiger partial charge in [-0.05, 0) is 21.0 Å². The third-order valence-corrected chi connectivity index (χ3v) is 1.64. The Morgan fingerprint density at radius 2 is 2.14 bits per heavy atom. The Morgan fingerprint density at radius 1 is 1.50 bits per heavy atom. The highest BCUT2D eigenvalue weighted by Crippen LogP contribution is 1.79. The molecule has 14 heavy (non-hydrogen) atoms. The molecule has 0 aromatic rings. The van der Waals surface area contributed by atoms with Gasteiger partial charge >= 0.3 is 0 Å². The van der Waals surface area contributed by atoms with Crippen LogP contribution in [0.15, 0.2) is 0 Å². The molecule has 84 valence electrons. The molecule has 0 aliphatic rings. The van der Waals surface area contributed by atoms with Gasteiger partial charge in [-0.1, -0.05) is 0 Å². The minimum atomic E-state index is -0.447. The molecule has 0 aromatic carbocycles. The van der Waals surface area contributed by atoms with E-state index in [1.807, 2.05) is 19.0 Å². The molecular formula is C9H21N3O2. The molecule has 1 atom stereocenters. The molecule has 0 fully saturated rings. The zero-order chi connectivity index (χ0) is 11.0. The predicted octanol–water partition coefficient (Wildman–Crippen LogP) is -0.972. The first-order valence-electron chi connectivity index (χ1n) is 4.80. The SMILES string of the molecule is CC(N)C(=O)NCCOCCN(C)C. The zero-order valence-corrected chi connectivity index (χ0v) is 9.25. The van der Waals surface area contributed by atoms with Gasteiger partial charge in [0.05, 0.1) is 19.3 Å². The predicted molar refractivity (Wildman–Crippen MR) is 56.0 cm³/mol. The summed E-state index contributed by atoms with van der Waals surface area (Å²) in [5.41, 5.74) is 5.36. The van der Waals surface area contributed by atoms with Gasteiger partial charge in [-0.15, -0.1) is 0 Å². The number of carbonyl (C=O) groups is 1. The minimum Gasteiger partial charge on any atom is -0.378 e. The molecule has 5 heteroatoms. The third-order valence-electron chi connectivity index (χ3n) is 1.64. The van der Waals surface area contributed by atoms with Gasteiger partial charge in [-0.3, -0.25) is 4.79 Å². The number of amides is 1. The first kappa shape index (κ1) is 13.4. The average molecular weight is 203 g/mol. The minimum absolute atomic E-state index is 0.138. The maximum atomic E-state index is 11.0. The van der Waals surface area contributed by atoms with Crippen molar-refractivity contribution in [3.63, 3.8) is 0 Å². The van der Waals surface area contributed by atoms with Crippen molar-refractivity contribution in [2.24, 2.45) is 5.73 Å². The van der Waals surface area contributed by atoms with E-state index in [0.29, 0.717) is 19.8 Å². The van der Waals surface area contributed by atoms with E-state index in [9.17, 15) is 4.79 Å². The number of nitrogens with two attached hydrogens (primary N) is 1. The Kier molecular flexibility index (Phi) is 7.37. The highest BCUT2D eigenvalue weighted by Gasteiger charge is 2.04. The van der Waals surface area contributed by atoms with Gasteiger partial charge in [0.1, 0.15) is 0 Å². The summed E-state index contributed by atoms with van der Waals surface area (Å²) in [5, 5.41) is 2.67. The van der Waals surface area contributed by atoms with Crippen molar-refractivity contribution in [3.8, 4) is 0 Å². The van der Waals surface area contributed by atoms with Crippen LogP contribution >= 0.6 is 0 Å². The number of likely N-dealkylation sites (N-methyl/N-ethyl adjacent to an activating group) is 1. The molecule has 0 radical (unpaired) electrons. The van der Waals surface area contributed by atoms with Crippen LogP contribution in [0.25, 0.3) is 0 Å². The van der Waals surface area contributed by atoms with Crippen LogP contribution in [-0.4, -0.2) is 57.2 Å². The summed E-state index contributed by atoms with van der Waals surface area (Å²) in [5.74, 6) is -0.138. The highest BCUT2D eigenvalue weighted by atomic mass is 16.5. The Morgan fingerprint density at radius 3 is 2.64 bits per heavy atom. The van der Waals surface area contributed by atoms with Crippen molar-refractivity contribution in [1.82, 2.24) is 10.2 Å². The van der Waals surface area contributed by atoms with Crippen molar-refractivity contribution >= 4 is 5.91 Å². The molecule has 0 aliphatic heterocycles. The van der Waals surface area contributed by atoms with E-state index in [1.165, 1.54) is 0 Å². The first-order valence-corrected chi connectivity index (χ1v) is 4.80. The molecule has 1 amide bonds. The molecule has 0 heterocycles. The molecule has 0 saturated carbocycles. The molecule has 3 N–H and O–H groups in total. The lowest BCUT2D eigenvalue weighted by Gasteiger charge is -2.10. The van der Waals surface area contributed by atoms with Crippen LogP contribution < -0.4 is 11.1 Å². The van der Waals surface area contributed by atoms with Gasteiger partial charge < -0.3 is 20.7 Å². The number of nitrogens with zero attached hydrogens (tertiary/aromatic N) is 1. The maximum absolute atomic E-state index is 11.0. The summed E-state index contributed by atoms with van der Waals surface area (Å²) >= 11 is 0. The van der Waals surface area contributed by atoms with E-state index in [4.69, 9.17) is 10.5 Å². The molecule has 0 saturated heterocycles. The summed E-state index contributed by atoms with van der Waals surface area (Å²) in [6.07, 6.45) is 0. The summed E-state index contributed by atoms with van der Waals surface area (Å²) < 4.78 is 5.28. The Labute approximate surface area is 85.6 Å². The van der Waals surface area contributed by atoms with Crippen LogP contribution in [0.2, 0.25) is 0 Å². The quantitative estimate of drug-likeness (QED) is 0.522. The second-order valence-corrected chi connectivity index (χ2v) is 3.50. The molecule has 0 spiro atoms. The van der Waals surface area contributed by atoms with Gasteiger partial charge in [0.15, 0.2) is 0 Å². The van der Waals surface area contributed by atoms with Crippen LogP contribution in [0.3, 0.4) is 0 Å². The van der Waals surface area contributed by atoms with E-state index in [-0.39, 0.29) is 5.91 Å². The van der Waals surface area contributed by atoms with E-state index < -0.39 is 6.04 Å². The normalized spacial score (nSPS) is 12.9. The van der Waals surface area contributed by atoms with E-state index in [2.05, 4.69) is 5.32 Å². The molecule has 5 nitrogen and oxygen atoms in total. The largest absolute Gasteiger partial charge is 0.378 e. The lowest BCUT2D eigenvalue weighted by molar-refractivity contribution is -0.122. The Balaban J connectivity index is 3.18. The van der Waals surface area contributed by atoms with Crippen molar-refractivity contribution in [1.29, 1.82) is 0 Å². The number of hydrogen-bond acceptors (Lipinski definition) is 4. The number of rotatable bonds is 7. The molecular weight excluding hydrogens is 182 g/mol. The Hall–Kier alpha value is -0.650. The second kappa shape index (κ2) is 7.73. The molecule has 0 aromatic heterocycles. The third kappa shape index (κ3) is 7.97. The molecule has 1 unspecified atom stereocenters. The van der Waals surface area contributed by atoms with E-state index >= 15 is 0 Å². The fourth-order valence-electron chi connectivity index (χ4n) is 0.757. The summed E-state index contributed by atoms with van der Waals surface area (Å²) in [4.78, 5) is 13.0. The number of ether oxygens (including phenoxy) is 1. The molecule has 0 rings (SSSR count). The topological polar surface area (TPSA) is 67.6 Å². The smallest absolute Gasteiger partial charge is 0.236 e. The molecule has 0 bridgehead atoms. The standard InChI is InChI=1S/C9H21N3O2/c1-8(10)9(13)11-4-6-14-7-5-12(2)3/h8H,4-7,10H2,1-3H3,(H,11,13). The number of nitrogens with one attached hydrogen (secondary N) is 1.